The van der Waals surface area contributed by atoms with Crippen molar-refractivity contribution < 1.29 is 18.7 Å². The number of aromatic nitrogens is 2. The molecule has 0 fully saturated rings. The van der Waals surface area contributed by atoms with Crippen LogP contribution in [0.1, 0.15) is 23.0 Å². The maximum absolute atomic E-state index is 14.3. The van der Waals surface area contributed by atoms with Crippen molar-refractivity contribution in [1.82, 2.24) is 9.97 Å². The second-order valence-corrected chi connectivity index (χ2v) is 8.78. The van der Waals surface area contributed by atoms with Crippen LogP contribution in [0.25, 0.3) is 22.2 Å². The summed E-state index contributed by atoms with van der Waals surface area (Å²) in [6.45, 7) is 1.24. The molecule has 0 atom stereocenters. The third kappa shape index (κ3) is 4.71. The van der Waals surface area contributed by atoms with E-state index >= 15 is 0 Å². The van der Waals surface area contributed by atoms with Crippen LogP contribution in [0, 0.1) is 5.82 Å². The molecule has 0 N–H and O–H groups in total. The van der Waals surface area contributed by atoms with Crippen LogP contribution in [-0.4, -0.2) is 21.8 Å². The highest BCUT2D eigenvalue weighted by molar-refractivity contribution is 7.14. The van der Waals surface area contributed by atoms with Crippen molar-refractivity contribution in [2.24, 2.45) is 0 Å². The molecule has 5 aromatic rings. The van der Waals surface area contributed by atoms with E-state index in [0.717, 1.165) is 5.56 Å². The van der Waals surface area contributed by atoms with Gasteiger partial charge in [-0.1, -0.05) is 60.7 Å². The second-order valence-electron chi connectivity index (χ2n) is 7.94. The molecule has 178 valence electrons. The normalized spacial score (nSPS) is 10.8. The number of carbonyl (C=O) groups excluding carboxylic acids is 2. The number of ether oxygens (including phenoxy) is 1. The summed E-state index contributed by atoms with van der Waals surface area (Å²) in [6, 6.07) is 24.7. The van der Waals surface area contributed by atoms with Gasteiger partial charge in [0.25, 0.3) is 0 Å². The zero-order valence-corrected chi connectivity index (χ0v) is 20.0. The molecule has 0 saturated carbocycles. The molecular formula is C28H20FN3O3S. The second kappa shape index (κ2) is 10.1. The number of anilines is 2. The van der Waals surface area contributed by atoms with Crippen molar-refractivity contribution in [3.63, 3.8) is 0 Å². The van der Waals surface area contributed by atoms with Crippen molar-refractivity contribution in [3.05, 3.63) is 107 Å². The first kappa shape index (κ1) is 23.3. The first-order valence-corrected chi connectivity index (χ1v) is 12.0. The van der Waals surface area contributed by atoms with Gasteiger partial charge in [-0.15, -0.1) is 11.3 Å². The van der Waals surface area contributed by atoms with Gasteiger partial charge in [0.05, 0.1) is 28.2 Å². The molecule has 8 heteroatoms. The lowest BCUT2D eigenvalue weighted by Gasteiger charge is -2.18. The molecule has 36 heavy (non-hydrogen) atoms. The summed E-state index contributed by atoms with van der Waals surface area (Å²) in [5.41, 5.74) is 3.20. The summed E-state index contributed by atoms with van der Waals surface area (Å²) in [4.78, 5) is 35.7. The van der Waals surface area contributed by atoms with Gasteiger partial charge in [0.1, 0.15) is 12.4 Å². The van der Waals surface area contributed by atoms with Crippen LogP contribution in [0.4, 0.5) is 15.2 Å². The Morgan fingerprint density at radius 2 is 1.67 bits per heavy atom. The molecule has 0 spiro atoms. The number of esters is 1. The molecule has 0 saturated heterocycles. The summed E-state index contributed by atoms with van der Waals surface area (Å²) in [6.07, 6.45) is 0. The highest BCUT2D eigenvalue weighted by atomic mass is 32.1. The average molecular weight is 498 g/mol. The van der Waals surface area contributed by atoms with Gasteiger partial charge in [-0.05, 0) is 24.3 Å². The number of fused-ring (bicyclic) bond motifs is 1. The minimum atomic E-state index is -0.533. The standard InChI is InChI=1S/C28H20FN3O3S/c1-18(33)32(26-14-8-6-12-23(26)29)28-30-20(17-36-28)16-35-27(34)22-15-25(19-9-3-2-4-10-19)31-24-13-7-5-11-21(22)24/h2-15,17H,16H2,1H3. The molecule has 0 radical (unpaired) electrons. The van der Waals surface area contributed by atoms with Crippen LogP contribution in [-0.2, 0) is 16.1 Å². The molecule has 0 aliphatic heterocycles. The van der Waals surface area contributed by atoms with Gasteiger partial charge in [0.15, 0.2) is 5.13 Å². The van der Waals surface area contributed by atoms with Crippen molar-refractivity contribution >= 4 is 44.9 Å². The quantitative estimate of drug-likeness (QED) is 0.249. The Hall–Kier alpha value is -4.43. The Morgan fingerprint density at radius 3 is 2.44 bits per heavy atom. The summed E-state index contributed by atoms with van der Waals surface area (Å²) in [5.74, 6) is -1.43. The van der Waals surface area contributed by atoms with Crippen LogP contribution in [0.5, 0.6) is 0 Å². The van der Waals surface area contributed by atoms with E-state index in [9.17, 15) is 14.0 Å². The molecule has 0 bridgehead atoms. The number of rotatable bonds is 6. The van der Waals surface area contributed by atoms with E-state index in [-0.39, 0.29) is 18.2 Å². The van der Waals surface area contributed by atoms with E-state index in [1.807, 2.05) is 54.6 Å². The maximum Gasteiger partial charge on any atom is 0.339 e. The molecule has 3 aromatic carbocycles. The van der Waals surface area contributed by atoms with Crippen molar-refractivity contribution in [1.29, 1.82) is 0 Å². The van der Waals surface area contributed by atoms with Gasteiger partial charge < -0.3 is 4.74 Å². The highest BCUT2D eigenvalue weighted by Gasteiger charge is 2.22. The molecule has 6 nitrogen and oxygen atoms in total. The molecule has 0 unspecified atom stereocenters. The molecule has 2 heterocycles. The lowest BCUT2D eigenvalue weighted by Crippen LogP contribution is -2.23. The van der Waals surface area contributed by atoms with Crippen molar-refractivity contribution in [2.45, 2.75) is 13.5 Å². The van der Waals surface area contributed by atoms with E-state index in [2.05, 4.69) is 4.98 Å². The van der Waals surface area contributed by atoms with Gasteiger partial charge in [-0.25, -0.2) is 19.2 Å². The Morgan fingerprint density at radius 1 is 0.944 bits per heavy atom. The van der Waals surface area contributed by atoms with E-state index in [1.165, 1.54) is 35.3 Å². The zero-order valence-electron chi connectivity index (χ0n) is 19.2. The topological polar surface area (TPSA) is 72.4 Å². The summed E-state index contributed by atoms with van der Waals surface area (Å²) in [7, 11) is 0. The van der Waals surface area contributed by atoms with E-state index in [4.69, 9.17) is 9.72 Å². The first-order chi connectivity index (χ1) is 17.5. The van der Waals surface area contributed by atoms with E-state index in [0.29, 0.717) is 33.0 Å². The van der Waals surface area contributed by atoms with E-state index in [1.54, 1.807) is 23.6 Å². The van der Waals surface area contributed by atoms with Gasteiger partial charge in [-0.2, -0.15) is 0 Å². The third-order valence-electron chi connectivity index (χ3n) is 5.50. The number of carbonyl (C=O) groups is 2. The molecule has 0 aliphatic rings. The minimum Gasteiger partial charge on any atom is -0.456 e. The van der Waals surface area contributed by atoms with Crippen LogP contribution in [0.15, 0.2) is 90.3 Å². The van der Waals surface area contributed by atoms with Crippen LogP contribution in [0.2, 0.25) is 0 Å². The third-order valence-corrected chi connectivity index (χ3v) is 6.37. The molecular weight excluding hydrogens is 477 g/mol. The SMILES string of the molecule is CC(=O)N(c1nc(COC(=O)c2cc(-c3ccccc3)nc3ccccc23)cs1)c1ccccc1F. The summed E-state index contributed by atoms with van der Waals surface area (Å²) >= 11 is 1.17. The Kier molecular flexibility index (Phi) is 6.51. The van der Waals surface area contributed by atoms with Crippen LogP contribution in [0.3, 0.4) is 0 Å². The first-order valence-electron chi connectivity index (χ1n) is 11.1. The highest BCUT2D eigenvalue weighted by Crippen LogP contribution is 2.31. The Balaban J connectivity index is 1.40. The molecule has 0 aliphatic carbocycles. The predicted molar refractivity (Wildman–Crippen MR) is 138 cm³/mol. The molecule has 5 rings (SSSR count). The predicted octanol–water partition coefficient (Wildman–Crippen LogP) is 6.54. The van der Waals surface area contributed by atoms with Gasteiger partial charge in [-0.3, -0.25) is 9.69 Å². The van der Waals surface area contributed by atoms with Gasteiger partial charge >= 0.3 is 5.97 Å². The number of amides is 1. The summed E-state index contributed by atoms with van der Waals surface area (Å²) < 4.78 is 19.9. The average Bonchev–Trinajstić information content (AvgIpc) is 3.36. The van der Waals surface area contributed by atoms with Crippen molar-refractivity contribution in [2.75, 3.05) is 4.90 Å². The fourth-order valence-corrected chi connectivity index (χ4v) is 4.69. The fourth-order valence-electron chi connectivity index (χ4n) is 3.82. The number of hydrogen-bond acceptors (Lipinski definition) is 6. The van der Waals surface area contributed by atoms with Crippen LogP contribution >= 0.6 is 11.3 Å². The lowest BCUT2D eigenvalue weighted by atomic mass is 10.0. The van der Waals surface area contributed by atoms with Crippen LogP contribution < -0.4 is 4.90 Å². The minimum absolute atomic E-state index is 0.102. The lowest BCUT2D eigenvalue weighted by molar-refractivity contribution is -0.115. The number of nitrogens with zero attached hydrogens (tertiary/aromatic N) is 3. The number of benzene rings is 3. The Bertz CT molecular complexity index is 1570. The van der Waals surface area contributed by atoms with Gasteiger partial charge in [0, 0.05) is 23.3 Å². The number of halogens is 1. The number of hydrogen-bond donors (Lipinski definition) is 0. The number of pyridine rings is 1. The molecule has 1 amide bonds. The Labute approximate surface area is 210 Å². The largest absolute Gasteiger partial charge is 0.456 e. The number of thiazole rings is 1. The van der Waals surface area contributed by atoms with E-state index < -0.39 is 11.8 Å². The zero-order chi connectivity index (χ0) is 25.1. The molecule has 2 aromatic heterocycles. The number of para-hydroxylation sites is 2. The van der Waals surface area contributed by atoms with Crippen molar-refractivity contribution in [3.8, 4) is 11.3 Å². The monoisotopic (exact) mass is 497 g/mol. The summed E-state index contributed by atoms with van der Waals surface area (Å²) in [5, 5.41) is 2.65. The maximum atomic E-state index is 14.3. The smallest absolute Gasteiger partial charge is 0.339 e. The van der Waals surface area contributed by atoms with Gasteiger partial charge in [0.2, 0.25) is 5.91 Å². The fraction of sp³-hybridized carbons (Fsp3) is 0.0714.